The molecule has 0 aromatic carbocycles. The van der Waals surface area contributed by atoms with Crippen LogP contribution >= 0.6 is 0 Å². The van der Waals surface area contributed by atoms with Gasteiger partial charge in [-0.15, -0.1) is 0 Å². The molecule has 2 amide bonds. The fourth-order valence-corrected chi connectivity index (χ4v) is 2.02. The Balaban J connectivity index is 4.61. The molecule has 0 fully saturated rings. The minimum absolute atomic E-state index is 0.00123. The van der Waals surface area contributed by atoms with Crippen LogP contribution in [0.25, 0.3) is 0 Å². The highest BCUT2D eigenvalue weighted by atomic mass is 16.3. The maximum Gasteiger partial charge on any atom is 0.317 e. The molecule has 0 aliphatic heterocycles. The molecule has 1 unspecified atom stereocenters. The van der Waals surface area contributed by atoms with E-state index in [-0.39, 0.29) is 17.5 Å². The van der Waals surface area contributed by atoms with E-state index in [0.717, 1.165) is 13.0 Å². The third-order valence-electron chi connectivity index (χ3n) is 3.18. The molecule has 0 radical (unpaired) electrons. The van der Waals surface area contributed by atoms with Crippen molar-refractivity contribution in [1.29, 1.82) is 0 Å². The van der Waals surface area contributed by atoms with Crippen LogP contribution in [0.3, 0.4) is 0 Å². The zero-order chi connectivity index (χ0) is 16.1. The van der Waals surface area contributed by atoms with Gasteiger partial charge >= 0.3 is 6.03 Å². The third kappa shape index (κ3) is 8.38. The van der Waals surface area contributed by atoms with Gasteiger partial charge in [-0.3, -0.25) is 0 Å². The Morgan fingerprint density at radius 1 is 1.15 bits per heavy atom. The first-order valence-corrected chi connectivity index (χ1v) is 7.21. The van der Waals surface area contributed by atoms with Crippen molar-refractivity contribution in [1.82, 2.24) is 15.1 Å². The van der Waals surface area contributed by atoms with E-state index in [0.29, 0.717) is 6.54 Å². The second-order valence-corrected chi connectivity index (χ2v) is 7.63. The quantitative estimate of drug-likeness (QED) is 0.783. The number of nitrogens with one attached hydrogen (secondary N) is 1. The molecule has 0 bridgehead atoms. The molecule has 0 aromatic rings. The lowest BCUT2D eigenvalue weighted by Crippen LogP contribution is -2.51. The SMILES string of the molecule is CN(C)CCC(NC(=O)N(C)CC(C)(C)O)C(C)(C)C. The number of urea groups is 1. The molecule has 0 spiro atoms. The van der Waals surface area contributed by atoms with Gasteiger partial charge in [0.1, 0.15) is 0 Å². The molecule has 1 atom stereocenters. The maximum absolute atomic E-state index is 12.2. The third-order valence-corrected chi connectivity index (χ3v) is 3.18. The molecule has 0 aliphatic carbocycles. The molecule has 0 aromatic heterocycles. The summed E-state index contributed by atoms with van der Waals surface area (Å²) >= 11 is 0. The van der Waals surface area contributed by atoms with E-state index in [1.54, 1.807) is 20.9 Å². The van der Waals surface area contributed by atoms with Crippen LogP contribution < -0.4 is 5.32 Å². The van der Waals surface area contributed by atoms with Gasteiger partial charge in [-0.25, -0.2) is 4.79 Å². The van der Waals surface area contributed by atoms with Crippen molar-refractivity contribution < 1.29 is 9.90 Å². The number of carbonyl (C=O) groups is 1. The number of hydrogen-bond acceptors (Lipinski definition) is 3. The molecule has 5 nitrogen and oxygen atoms in total. The molecule has 0 saturated heterocycles. The molecular weight excluding hydrogens is 254 g/mol. The van der Waals surface area contributed by atoms with Crippen LogP contribution in [-0.2, 0) is 0 Å². The van der Waals surface area contributed by atoms with Crippen molar-refractivity contribution in [3.05, 3.63) is 0 Å². The van der Waals surface area contributed by atoms with E-state index < -0.39 is 5.60 Å². The van der Waals surface area contributed by atoms with Gasteiger partial charge < -0.3 is 20.2 Å². The summed E-state index contributed by atoms with van der Waals surface area (Å²) in [5.74, 6) is 0. The lowest BCUT2D eigenvalue weighted by Gasteiger charge is -2.35. The van der Waals surface area contributed by atoms with Crippen LogP contribution in [0.4, 0.5) is 4.79 Å². The summed E-state index contributed by atoms with van der Waals surface area (Å²) < 4.78 is 0. The lowest BCUT2D eigenvalue weighted by molar-refractivity contribution is 0.0518. The van der Waals surface area contributed by atoms with Crippen molar-refractivity contribution in [3.8, 4) is 0 Å². The summed E-state index contributed by atoms with van der Waals surface area (Å²) in [5, 5.41) is 12.9. The molecule has 20 heavy (non-hydrogen) atoms. The Labute approximate surface area is 124 Å². The van der Waals surface area contributed by atoms with Gasteiger partial charge in [-0.1, -0.05) is 20.8 Å². The fraction of sp³-hybridized carbons (Fsp3) is 0.933. The highest BCUT2D eigenvalue weighted by Crippen LogP contribution is 2.22. The zero-order valence-electron chi connectivity index (χ0n) is 14.4. The second kappa shape index (κ2) is 7.27. The van der Waals surface area contributed by atoms with Gasteiger partial charge in [0.25, 0.3) is 0 Å². The average Bonchev–Trinajstić information content (AvgIpc) is 2.19. The Kier molecular flexibility index (Phi) is 6.98. The molecule has 0 aliphatic rings. The van der Waals surface area contributed by atoms with Crippen LogP contribution in [0, 0.1) is 5.41 Å². The number of amides is 2. The molecule has 0 saturated carbocycles. The van der Waals surface area contributed by atoms with E-state index in [9.17, 15) is 9.90 Å². The maximum atomic E-state index is 12.2. The predicted octanol–water partition coefficient (Wildman–Crippen LogP) is 1.77. The number of nitrogens with zero attached hydrogens (tertiary/aromatic N) is 2. The summed E-state index contributed by atoms with van der Waals surface area (Å²) in [6, 6.07) is -0.0348. The van der Waals surface area contributed by atoms with Crippen LogP contribution in [0.1, 0.15) is 41.0 Å². The summed E-state index contributed by atoms with van der Waals surface area (Å²) in [7, 11) is 5.77. The highest BCUT2D eigenvalue weighted by Gasteiger charge is 2.28. The first-order chi connectivity index (χ1) is 8.83. The van der Waals surface area contributed by atoms with Crippen LogP contribution in [0.15, 0.2) is 0 Å². The second-order valence-electron chi connectivity index (χ2n) is 7.63. The number of likely N-dealkylation sites (N-methyl/N-ethyl adjacent to an activating group) is 1. The lowest BCUT2D eigenvalue weighted by atomic mass is 9.84. The standard InChI is InChI=1S/C15H33N3O2/c1-14(2,3)12(9-10-17(6)7)16-13(19)18(8)11-15(4,5)20/h12,20H,9-11H2,1-8H3,(H,16,19). The first kappa shape index (κ1) is 19.2. The monoisotopic (exact) mass is 287 g/mol. The Morgan fingerprint density at radius 2 is 1.65 bits per heavy atom. The largest absolute Gasteiger partial charge is 0.389 e. The summed E-state index contributed by atoms with van der Waals surface area (Å²) in [5.41, 5.74) is -0.881. The van der Waals surface area contributed by atoms with Gasteiger partial charge in [0, 0.05) is 13.1 Å². The number of carbonyl (C=O) groups excluding carboxylic acids is 1. The van der Waals surface area contributed by atoms with Gasteiger partial charge in [-0.05, 0) is 46.3 Å². The summed E-state index contributed by atoms with van der Waals surface area (Å²) in [6.07, 6.45) is 0.901. The summed E-state index contributed by atoms with van der Waals surface area (Å²) in [4.78, 5) is 15.9. The Morgan fingerprint density at radius 3 is 2.00 bits per heavy atom. The number of rotatable bonds is 6. The predicted molar refractivity (Wildman–Crippen MR) is 83.9 cm³/mol. The van der Waals surface area contributed by atoms with Crippen molar-refractivity contribution in [2.45, 2.75) is 52.7 Å². The summed E-state index contributed by atoms with van der Waals surface area (Å²) in [6.45, 7) is 11.0. The first-order valence-electron chi connectivity index (χ1n) is 7.21. The normalized spacial score (nSPS) is 14.3. The molecular formula is C15H33N3O2. The average molecular weight is 287 g/mol. The van der Waals surface area contributed by atoms with Crippen molar-refractivity contribution in [2.75, 3.05) is 34.2 Å². The number of hydrogen-bond donors (Lipinski definition) is 2. The van der Waals surface area contributed by atoms with Gasteiger partial charge in [0.2, 0.25) is 0 Å². The van der Waals surface area contributed by atoms with Crippen molar-refractivity contribution in [3.63, 3.8) is 0 Å². The molecule has 120 valence electrons. The van der Waals surface area contributed by atoms with Crippen LogP contribution in [-0.4, -0.2) is 66.8 Å². The van der Waals surface area contributed by atoms with E-state index >= 15 is 0 Å². The molecule has 5 heteroatoms. The Bertz CT molecular complexity index is 303. The van der Waals surface area contributed by atoms with Gasteiger partial charge in [-0.2, -0.15) is 0 Å². The van der Waals surface area contributed by atoms with E-state index in [1.807, 2.05) is 14.1 Å². The minimum atomic E-state index is -0.882. The van der Waals surface area contributed by atoms with Crippen molar-refractivity contribution >= 4 is 6.03 Å². The highest BCUT2D eigenvalue weighted by molar-refractivity contribution is 5.74. The molecule has 0 rings (SSSR count). The van der Waals surface area contributed by atoms with Crippen LogP contribution in [0.5, 0.6) is 0 Å². The number of aliphatic hydroxyl groups is 1. The smallest absolute Gasteiger partial charge is 0.317 e. The van der Waals surface area contributed by atoms with E-state index in [4.69, 9.17) is 0 Å². The van der Waals surface area contributed by atoms with Gasteiger partial charge in [0.15, 0.2) is 0 Å². The van der Waals surface area contributed by atoms with E-state index in [2.05, 4.69) is 31.0 Å². The topological polar surface area (TPSA) is 55.8 Å². The van der Waals surface area contributed by atoms with Crippen LogP contribution in [0.2, 0.25) is 0 Å². The van der Waals surface area contributed by atoms with E-state index in [1.165, 1.54) is 4.90 Å². The Hall–Kier alpha value is -0.810. The van der Waals surface area contributed by atoms with Crippen molar-refractivity contribution in [2.24, 2.45) is 5.41 Å². The minimum Gasteiger partial charge on any atom is -0.389 e. The molecule has 0 heterocycles. The van der Waals surface area contributed by atoms with Gasteiger partial charge in [0.05, 0.1) is 12.1 Å². The fourth-order valence-electron chi connectivity index (χ4n) is 2.02. The molecule has 2 N–H and O–H groups in total. The zero-order valence-corrected chi connectivity index (χ0v) is 14.4.